The minimum Gasteiger partial charge on any atom is -0.353 e. The van der Waals surface area contributed by atoms with Crippen molar-refractivity contribution in [2.75, 3.05) is 13.1 Å². The van der Waals surface area contributed by atoms with Gasteiger partial charge in [0.25, 0.3) is 0 Å². The number of piperazine rings is 1. The molecule has 2 amide bonds. The van der Waals surface area contributed by atoms with Crippen LogP contribution < -0.4 is 5.32 Å². The maximum absolute atomic E-state index is 12.2. The Hall–Kier alpha value is -1.06. The Kier molecular flexibility index (Phi) is 8.31. The molecule has 0 radical (unpaired) electrons. The molecule has 1 rings (SSSR count). The first-order valence-corrected chi connectivity index (χ1v) is 8.27. The number of hydrogen-bond acceptors (Lipinski definition) is 2. The van der Waals surface area contributed by atoms with Crippen LogP contribution in [0.1, 0.15) is 71.6 Å². The van der Waals surface area contributed by atoms with Crippen LogP contribution in [0.3, 0.4) is 0 Å². The van der Waals surface area contributed by atoms with Crippen molar-refractivity contribution in [3.63, 3.8) is 0 Å². The van der Waals surface area contributed by atoms with Gasteiger partial charge in [-0.2, -0.15) is 0 Å². The molecule has 0 aromatic heterocycles. The molecule has 1 atom stereocenters. The smallest absolute Gasteiger partial charge is 0.242 e. The molecule has 4 nitrogen and oxygen atoms in total. The van der Waals surface area contributed by atoms with Crippen LogP contribution in [-0.2, 0) is 9.59 Å². The first-order valence-electron chi connectivity index (χ1n) is 8.27. The molecule has 0 aromatic carbocycles. The van der Waals surface area contributed by atoms with E-state index in [1.807, 2.05) is 6.92 Å². The van der Waals surface area contributed by atoms with E-state index in [1.54, 1.807) is 4.90 Å². The summed E-state index contributed by atoms with van der Waals surface area (Å²) in [6, 6.07) is -0.249. The summed E-state index contributed by atoms with van der Waals surface area (Å²) in [5.41, 5.74) is 0. The molecule has 116 valence electrons. The number of amides is 2. The highest BCUT2D eigenvalue weighted by Gasteiger charge is 2.30. The maximum Gasteiger partial charge on any atom is 0.242 e. The summed E-state index contributed by atoms with van der Waals surface area (Å²) in [5, 5.41) is 2.83. The zero-order valence-electron chi connectivity index (χ0n) is 13.1. The Balaban J connectivity index is 2.19. The van der Waals surface area contributed by atoms with E-state index in [9.17, 15) is 9.59 Å². The number of rotatable bonds is 9. The Bertz CT molecular complexity index is 305. The number of nitrogens with one attached hydrogen (secondary N) is 1. The monoisotopic (exact) mass is 282 g/mol. The normalized spacial score (nSPS) is 19.0. The van der Waals surface area contributed by atoms with Crippen LogP contribution in [0.4, 0.5) is 0 Å². The van der Waals surface area contributed by atoms with Crippen molar-refractivity contribution in [3.05, 3.63) is 0 Å². The van der Waals surface area contributed by atoms with E-state index in [-0.39, 0.29) is 17.9 Å². The fourth-order valence-corrected chi connectivity index (χ4v) is 2.80. The zero-order valence-corrected chi connectivity index (χ0v) is 13.1. The topological polar surface area (TPSA) is 49.4 Å². The molecule has 0 aliphatic carbocycles. The van der Waals surface area contributed by atoms with Crippen molar-refractivity contribution < 1.29 is 9.59 Å². The lowest BCUT2D eigenvalue weighted by molar-refractivity contribution is -0.143. The van der Waals surface area contributed by atoms with Crippen LogP contribution in [0.2, 0.25) is 0 Å². The summed E-state index contributed by atoms with van der Waals surface area (Å²) in [4.78, 5) is 25.7. The second-order valence-electron chi connectivity index (χ2n) is 5.67. The molecule has 1 heterocycles. The van der Waals surface area contributed by atoms with Gasteiger partial charge in [0.05, 0.1) is 0 Å². The number of nitrogens with zero attached hydrogens (tertiary/aromatic N) is 1. The molecule has 1 N–H and O–H groups in total. The van der Waals surface area contributed by atoms with E-state index in [1.165, 1.54) is 32.1 Å². The molecule has 0 saturated carbocycles. The van der Waals surface area contributed by atoms with E-state index >= 15 is 0 Å². The summed E-state index contributed by atoms with van der Waals surface area (Å²) in [6.45, 7) is 5.44. The Labute approximate surface area is 123 Å². The lowest BCUT2D eigenvalue weighted by Crippen LogP contribution is -2.56. The fraction of sp³-hybridized carbons (Fsp3) is 0.875. The highest BCUT2D eigenvalue weighted by molar-refractivity contribution is 5.88. The van der Waals surface area contributed by atoms with Crippen LogP contribution in [0.5, 0.6) is 0 Å². The Morgan fingerprint density at radius 1 is 1.15 bits per heavy atom. The zero-order chi connectivity index (χ0) is 14.8. The fourth-order valence-electron chi connectivity index (χ4n) is 2.80. The van der Waals surface area contributed by atoms with Crippen LogP contribution in [-0.4, -0.2) is 35.8 Å². The SMILES string of the molecule is CCCCCCCCCC(=O)N1CCNC(=O)C1CC. The third kappa shape index (κ3) is 5.51. The second kappa shape index (κ2) is 9.78. The summed E-state index contributed by atoms with van der Waals surface area (Å²) in [6.07, 6.45) is 9.80. The lowest BCUT2D eigenvalue weighted by Gasteiger charge is -2.34. The predicted molar refractivity (Wildman–Crippen MR) is 81.4 cm³/mol. The van der Waals surface area contributed by atoms with Crippen LogP contribution in [0.15, 0.2) is 0 Å². The second-order valence-corrected chi connectivity index (χ2v) is 5.67. The average molecular weight is 282 g/mol. The molecule has 1 aliphatic heterocycles. The van der Waals surface area contributed by atoms with Crippen molar-refractivity contribution in [3.8, 4) is 0 Å². The molecule has 0 aromatic rings. The van der Waals surface area contributed by atoms with Gasteiger partial charge in [0, 0.05) is 19.5 Å². The van der Waals surface area contributed by atoms with E-state index in [0.29, 0.717) is 25.9 Å². The van der Waals surface area contributed by atoms with Crippen molar-refractivity contribution in [2.45, 2.75) is 77.7 Å². The molecule has 1 fully saturated rings. The summed E-state index contributed by atoms with van der Waals surface area (Å²) >= 11 is 0. The van der Waals surface area contributed by atoms with Crippen molar-refractivity contribution >= 4 is 11.8 Å². The van der Waals surface area contributed by atoms with Gasteiger partial charge in [0.15, 0.2) is 0 Å². The summed E-state index contributed by atoms with van der Waals surface area (Å²) in [7, 11) is 0. The van der Waals surface area contributed by atoms with E-state index < -0.39 is 0 Å². The number of hydrogen-bond donors (Lipinski definition) is 1. The van der Waals surface area contributed by atoms with E-state index in [4.69, 9.17) is 0 Å². The maximum atomic E-state index is 12.2. The van der Waals surface area contributed by atoms with Crippen molar-refractivity contribution in [2.24, 2.45) is 0 Å². The average Bonchev–Trinajstić information content (AvgIpc) is 2.45. The standard InChI is InChI=1S/C16H30N2O2/c1-3-5-6-7-8-9-10-11-15(19)18-13-12-17-16(20)14(18)4-2/h14H,3-13H2,1-2H3,(H,17,20). The molecule has 1 saturated heterocycles. The lowest BCUT2D eigenvalue weighted by atomic mass is 10.1. The molecule has 1 unspecified atom stereocenters. The van der Waals surface area contributed by atoms with Crippen LogP contribution in [0, 0.1) is 0 Å². The van der Waals surface area contributed by atoms with Gasteiger partial charge in [-0.05, 0) is 12.8 Å². The Morgan fingerprint density at radius 3 is 2.45 bits per heavy atom. The third-order valence-corrected chi connectivity index (χ3v) is 4.03. The Morgan fingerprint density at radius 2 is 1.80 bits per heavy atom. The minimum absolute atomic E-state index is 0.00617. The highest BCUT2D eigenvalue weighted by atomic mass is 16.2. The molecule has 0 spiro atoms. The first-order chi connectivity index (χ1) is 9.70. The minimum atomic E-state index is -0.249. The van der Waals surface area contributed by atoms with Crippen molar-refractivity contribution in [1.29, 1.82) is 0 Å². The summed E-state index contributed by atoms with van der Waals surface area (Å²) < 4.78 is 0. The van der Waals surface area contributed by atoms with Gasteiger partial charge in [0.2, 0.25) is 11.8 Å². The van der Waals surface area contributed by atoms with Crippen LogP contribution in [0.25, 0.3) is 0 Å². The van der Waals surface area contributed by atoms with E-state index in [2.05, 4.69) is 12.2 Å². The number of carbonyl (C=O) groups excluding carboxylic acids is 2. The van der Waals surface area contributed by atoms with Crippen molar-refractivity contribution in [1.82, 2.24) is 10.2 Å². The largest absolute Gasteiger partial charge is 0.353 e. The van der Waals surface area contributed by atoms with Gasteiger partial charge >= 0.3 is 0 Å². The molecule has 1 aliphatic rings. The molecular weight excluding hydrogens is 252 g/mol. The van der Waals surface area contributed by atoms with E-state index in [0.717, 1.165) is 12.8 Å². The van der Waals surface area contributed by atoms with Gasteiger partial charge in [-0.15, -0.1) is 0 Å². The summed E-state index contributed by atoms with van der Waals surface area (Å²) in [5.74, 6) is 0.159. The van der Waals surface area contributed by atoms with Gasteiger partial charge < -0.3 is 10.2 Å². The quantitative estimate of drug-likeness (QED) is 0.661. The number of carbonyl (C=O) groups is 2. The predicted octanol–water partition coefficient (Wildman–Crippen LogP) is 2.86. The van der Waals surface area contributed by atoms with Gasteiger partial charge in [-0.3, -0.25) is 9.59 Å². The number of unbranched alkanes of at least 4 members (excludes halogenated alkanes) is 6. The van der Waals surface area contributed by atoms with Gasteiger partial charge in [0.1, 0.15) is 6.04 Å². The molecule has 4 heteroatoms. The first kappa shape index (κ1) is 17.0. The van der Waals surface area contributed by atoms with Crippen LogP contribution >= 0.6 is 0 Å². The highest BCUT2D eigenvalue weighted by Crippen LogP contribution is 2.13. The third-order valence-electron chi connectivity index (χ3n) is 4.03. The molecule has 0 bridgehead atoms. The molecule has 20 heavy (non-hydrogen) atoms. The van der Waals surface area contributed by atoms with Gasteiger partial charge in [-0.25, -0.2) is 0 Å². The molecular formula is C16H30N2O2. The van der Waals surface area contributed by atoms with Gasteiger partial charge in [-0.1, -0.05) is 52.4 Å².